The average Bonchev–Trinajstić information content (AvgIpc) is 2.35. The van der Waals surface area contributed by atoms with Crippen molar-refractivity contribution in [1.29, 1.82) is 0 Å². The second-order valence-electron chi connectivity index (χ2n) is 4.19. The zero-order valence-electron chi connectivity index (χ0n) is 10.3. The maximum Gasteiger partial charge on any atom is 0.360 e. The fraction of sp³-hybridized carbons (Fsp3) is 0.154. The van der Waals surface area contributed by atoms with Crippen LogP contribution in [0.4, 0.5) is 0 Å². The SMILES string of the molecule is Cc1ccc(Cl)c(-n2cc(C)c(=O)c(C(=O)O)n2)c1. The van der Waals surface area contributed by atoms with Gasteiger partial charge in [-0.15, -0.1) is 0 Å². The summed E-state index contributed by atoms with van der Waals surface area (Å²) >= 11 is 6.07. The third-order valence-electron chi connectivity index (χ3n) is 2.65. The molecule has 0 spiro atoms. The van der Waals surface area contributed by atoms with Gasteiger partial charge in [-0.2, -0.15) is 5.10 Å². The molecule has 6 heteroatoms. The zero-order chi connectivity index (χ0) is 14.2. The lowest BCUT2D eigenvalue weighted by molar-refractivity contribution is 0.0686. The molecule has 19 heavy (non-hydrogen) atoms. The molecule has 1 aromatic heterocycles. The first-order chi connectivity index (χ1) is 8.90. The third kappa shape index (κ3) is 2.51. The van der Waals surface area contributed by atoms with Crippen LogP contribution >= 0.6 is 11.6 Å². The van der Waals surface area contributed by atoms with Gasteiger partial charge in [0, 0.05) is 11.8 Å². The van der Waals surface area contributed by atoms with Crippen molar-refractivity contribution in [2.45, 2.75) is 13.8 Å². The van der Waals surface area contributed by atoms with E-state index < -0.39 is 17.1 Å². The van der Waals surface area contributed by atoms with E-state index in [1.807, 2.05) is 13.0 Å². The molecular weight excluding hydrogens is 268 g/mol. The van der Waals surface area contributed by atoms with Crippen LogP contribution in [0.15, 0.2) is 29.2 Å². The molecule has 0 radical (unpaired) electrons. The minimum Gasteiger partial charge on any atom is -0.476 e. The molecule has 0 aliphatic heterocycles. The van der Waals surface area contributed by atoms with Gasteiger partial charge < -0.3 is 5.11 Å². The van der Waals surface area contributed by atoms with E-state index in [9.17, 15) is 9.59 Å². The highest BCUT2D eigenvalue weighted by Gasteiger charge is 2.15. The van der Waals surface area contributed by atoms with Crippen LogP contribution in [0, 0.1) is 13.8 Å². The molecule has 2 aromatic rings. The van der Waals surface area contributed by atoms with Gasteiger partial charge in [0.15, 0.2) is 0 Å². The maximum atomic E-state index is 11.7. The minimum absolute atomic E-state index is 0.296. The lowest BCUT2D eigenvalue weighted by atomic mass is 10.2. The molecule has 0 saturated carbocycles. The van der Waals surface area contributed by atoms with Crippen LogP contribution in [0.1, 0.15) is 21.6 Å². The molecule has 0 aliphatic carbocycles. The van der Waals surface area contributed by atoms with E-state index >= 15 is 0 Å². The lowest BCUT2D eigenvalue weighted by Gasteiger charge is -2.10. The molecule has 1 aromatic carbocycles. The number of rotatable bonds is 2. The van der Waals surface area contributed by atoms with Gasteiger partial charge in [-0.25, -0.2) is 9.48 Å². The highest BCUT2D eigenvalue weighted by Crippen LogP contribution is 2.20. The van der Waals surface area contributed by atoms with Crippen LogP contribution in [0.3, 0.4) is 0 Å². The Kier molecular flexibility index (Phi) is 3.40. The number of halogens is 1. The topological polar surface area (TPSA) is 72.2 Å². The van der Waals surface area contributed by atoms with Crippen molar-refractivity contribution >= 4 is 17.6 Å². The molecule has 0 atom stereocenters. The molecule has 0 bridgehead atoms. The number of aromatic nitrogens is 2. The van der Waals surface area contributed by atoms with Gasteiger partial charge in [-0.3, -0.25) is 4.79 Å². The smallest absolute Gasteiger partial charge is 0.360 e. The number of aromatic carboxylic acids is 1. The molecule has 1 heterocycles. The summed E-state index contributed by atoms with van der Waals surface area (Å²) in [5.41, 5.74) is 0.678. The van der Waals surface area contributed by atoms with E-state index in [-0.39, 0.29) is 0 Å². The summed E-state index contributed by atoms with van der Waals surface area (Å²) in [6, 6.07) is 5.30. The van der Waals surface area contributed by atoms with E-state index in [1.165, 1.54) is 17.8 Å². The summed E-state index contributed by atoms with van der Waals surface area (Å²) in [5.74, 6) is -1.36. The Balaban J connectivity index is 2.73. The van der Waals surface area contributed by atoms with E-state index in [2.05, 4.69) is 5.10 Å². The van der Waals surface area contributed by atoms with Crippen LogP contribution < -0.4 is 5.43 Å². The number of benzene rings is 1. The van der Waals surface area contributed by atoms with Crippen molar-refractivity contribution in [2.24, 2.45) is 0 Å². The Bertz CT molecular complexity index is 722. The Morgan fingerprint density at radius 1 is 1.37 bits per heavy atom. The summed E-state index contributed by atoms with van der Waals surface area (Å²) in [7, 11) is 0. The second-order valence-corrected chi connectivity index (χ2v) is 4.60. The number of carbonyl (C=O) groups is 1. The van der Waals surface area contributed by atoms with Crippen molar-refractivity contribution < 1.29 is 9.90 Å². The molecule has 0 unspecified atom stereocenters. The van der Waals surface area contributed by atoms with E-state index in [4.69, 9.17) is 16.7 Å². The molecule has 1 N–H and O–H groups in total. The Labute approximate surface area is 114 Å². The predicted octanol–water partition coefficient (Wildman–Crippen LogP) is 2.20. The Hall–Kier alpha value is -2.14. The zero-order valence-corrected chi connectivity index (χ0v) is 11.1. The van der Waals surface area contributed by atoms with Crippen molar-refractivity contribution in [3.63, 3.8) is 0 Å². The standard InChI is InChI=1S/C13H11ClN2O3/c1-7-3-4-9(14)10(5-7)16-6-8(2)12(17)11(15-16)13(18)19/h3-6H,1-2H3,(H,18,19). The quantitative estimate of drug-likeness (QED) is 0.914. The summed E-state index contributed by atoms with van der Waals surface area (Å²) in [5, 5.41) is 13.2. The number of hydrogen-bond donors (Lipinski definition) is 1. The number of hydrogen-bond acceptors (Lipinski definition) is 3. The van der Waals surface area contributed by atoms with Crippen LogP contribution in [-0.2, 0) is 0 Å². The van der Waals surface area contributed by atoms with Gasteiger partial charge in [0.05, 0.1) is 10.7 Å². The average molecular weight is 279 g/mol. The van der Waals surface area contributed by atoms with E-state index in [0.717, 1.165) is 5.56 Å². The van der Waals surface area contributed by atoms with Crippen molar-refractivity contribution in [2.75, 3.05) is 0 Å². The van der Waals surface area contributed by atoms with Crippen LogP contribution in [0.5, 0.6) is 0 Å². The van der Waals surface area contributed by atoms with Crippen LogP contribution in [0.25, 0.3) is 5.69 Å². The molecule has 98 valence electrons. The Morgan fingerprint density at radius 3 is 2.68 bits per heavy atom. The minimum atomic E-state index is -1.36. The normalized spacial score (nSPS) is 10.5. The lowest BCUT2D eigenvalue weighted by Crippen LogP contribution is -2.23. The van der Waals surface area contributed by atoms with Gasteiger partial charge >= 0.3 is 5.97 Å². The summed E-state index contributed by atoms with van der Waals surface area (Å²) < 4.78 is 1.32. The van der Waals surface area contributed by atoms with Crippen LogP contribution in [-0.4, -0.2) is 20.9 Å². The Morgan fingerprint density at radius 2 is 2.05 bits per heavy atom. The number of carboxylic acids is 1. The monoisotopic (exact) mass is 278 g/mol. The number of nitrogens with zero attached hydrogens (tertiary/aromatic N) is 2. The van der Waals surface area contributed by atoms with Gasteiger partial charge in [-0.1, -0.05) is 17.7 Å². The third-order valence-corrected chi connectivity index (χ3v) is 2.97. The first-order valence-electron chi connectivity index (χ1n) is 5.50. The molecule has 0 amide bonds. The molecular formula is C13H11ClN2O3. The number of carboxylic acid groups (broad SMARTS) is 1. The number of aryl methyl sites for hydroxylation is 2. The molecule has 0 fully saturated rings. The fourth-order valence-electron chi connectivity index (χ4n) is 1.67. The van der Waals surface area contributed by atoms with Gasteiger partial charge in [0.2, 0.25) is 11.1 Å². The highest BCUT2D eigenvalue weighted by molar-refractivity contribution is 6.32. The first kappa shape index (κ1) is 13.3. The van der Waals surface area contributed by atoms with E-state index in [0.29, 0.717) is 16.3 Å². The van der Waals surface area contributed by atoms with Gasteiger partial charge in [0.1, 0.15) is 0 Å². The summed E-state index contributed by atoms with van der Waals surface area (Å²) in [6.07, 6.45) is 1.47. The van der Waals surface area contributed by atoms with Gasteiger partial charge in [-0.05, 0) is 31.5 Å². The van der Waals surface area contributed by atoms with Crippen LogP contribution in [0.2, 0.25) is 5.02 Å². The molecule has 0 aliphatic rings. The van der Waals surface area contributed by atoms with Crippen molar-refractivity contribution in [3.8, 4) is 5.69 Å². The van der Waals surface area contributed by atoms with Crippen molar-refractivity contribution in [3.05, 3.63) is 56.5 Å². The fourth-order valence-corrected chi connectivity index (χ4v) is 1.88. The van der Waals surface area contributed by atoms with Gasteiger partial charge in [0.25, 0.3) is 0 Å². The largest absolute Gasteiger partial charge is 0.476 e. The summed E-state index contributed by atoms with van der Waals surface area (Å²) in [4.78, 5) is 22.7. The van der Waals surface area contributed by atoms with E-state index in [1.54, 1.807) is 12.1 Å². The first-order valence-corrected chi connectivity index (χ1v) is 5.88. The summed E-state index contributed by atoms with van der Waals surface area (Å²) in [6.45, 7) is 3.42. The predicted molar refractivity (Wildman–Crippen MR) is 71.3 cm³/mol. The maximum absolute atomic E-state index is 11.7. The molecule has 0 saturated heterocycles. The van der Waals surface area contributed by atoms with Crippen molar-refractivity contribution in [1.82, 2.24) is 9.78 Å². The molecule has 5 nitrogen and oxygen atoms in total. The molecule has 2 rings (SSSR count). The highest BCUT2D eigenvalue weighted by atomic mass is 35.5. The second kappa shape index (κ2) is 4.85.